The molecule has 0 saturated heterocycles. The molecule has 0 atom stereocenters. The average molecular weight is 277 g/mol. The van der Waals surface area contributed by atoms with Crippen LogP contribution in [-0.4, -0.2) is 11.1 Å². The van der Waals surface area contributed by atoms with Gasteiger partial charge in [-0.1, -0.05) is 0 Å². The monoisotopic (exact) mass is 276 g/mol. The third-order valence-electron chi connectivity index (χ3n) is 2.67. The van der Waals surface area contributed by atoms with Gasteiger partial charge in [0.15, 0.2) is 0 Å². The minimum Gasteiger partial charge on any atom is -0.481 e. The second kappa shape index (κ2) is 3.27. The van der Waals surface area contributed by atoms with Gasteiger partial charge in [0.2, 0.25) is 0 Å². The van der Waals surface area contributed by atoms with E-state index < -0.39 is 23.0 Å². The third-order valence-corrected chi connectivity index (χ3v) is 3.47. The van der Waals surface area contributed by atoms with Crippen molar-refractivity contribution in [1.29, 1.82) is 0 Å². The molecule has 0 heterocycles. The number of carbonyl (C=O) groups is 1. The number of hydrogen-bond donors (Lipinski definition) is 1. The first-order chi connectivity index (χ1) is 6.97. The molecule has 1 aliphatic carbocycles. The summed E-state index contributed by atoms with van der Waals surface area (Å²) in [7, 11) is 0. The third kappa shape index (κ3) is 1.55. The molecule has 0 aliphatic heterocycles. The van der Waals surface area contributed by atoms with E-state index in [2.05, 4.69) is 15.9 Å². The van der Waals surface area contributed by atoms with E-state index in [4.69, 9.17) is 5.11 Å². The Labute approximate surface area is 93.0 Å². The molecule has 0 bridgehead atoms. The number of carboxylic acid groups (broad SMARTS) is 1. The highest BCUT2D eigenvalue weighted by molar-refractivity contribution is 9.10. The van der Waals surface area contributed by atoms with Crippen LogP contribution in [0, 0.1) is 11.6 Å². The van der Waals surface area contributed by atoms with Crippen LogP contribution in [0.15, 0.2) is 16.6 Å². The summed E-state index contributed by atoms with van der Waals surface area (Å²) in [5, 5.41) is 9.00. The Morgan fingerprint density at radius 3 is 2.47 bits per heavy atom. The summed E-state index contributed by atoms with van der Waals surface area (Å²) in [4.78, 5) is 11.0. The molecule has 80 valence electrons. The SMILES string of the molecule is O=C(O)C1(c2cc(F)cc(F)c2Br)CC1. The van der Waals surface area contributed by atoms with E-state index in [9.17, 15) is 13.6 Å². The van der Waals surface area contributed by atoms with E-state index in [0.717, 1.165) is 12.1 Å². The normalized spacial score (nSPS) is 17.5. The quantitative estimate of drug-likeness (QED) is 0.844. The summed E-state index contributed by atoms with van der Waals surface area (Å²) >= 11 is 2.95. The lowest BCUT2D eigenvalue weighted by molar-refractivity contribution is -0.140. The molecular weight excluding hydrogens is 270 g/mol. The highest BCUT2D eigenvalue weighted by Crippen LogP contribution is 2.51. The maximum absolute atomic E-state index is 13.2. The van der Waals surface area contributed by atoms with Crippen LogP contribution in [0.25, 0.3) is 0 Å². The summed E-state index contributed by atoms with van der Waals surface area (Å²) in [5.41, 5.74) is -0.908. The number of benzene rings is 1. The van der Waals surface area contributed by atoms with Crippen LogP contribution in [-0.2, 0) is 10.2 Å². The van der Waals surface area contributed by atoms with Crippen LogP contribution in [0.3, 0.4) is 0 Å². The molecule has 1 aromatic rings. The summed E-state index contributed by atoms with van der Waals surface area (Å²) in [6.07, 6.45) is 0.841. The molecule has 0 aromatic heterocycles. The maximum Gasteiger partial charge on any atom is 0.314 e. The van der Waals surface area contributed by atoms with Crippen molar-refractivity contribution in [2.24, 2.45) is 0 Å². The van der Waals surface area contributed by atoms with Gasteiger partial charge in [0.1, 0.15) is 11.6 Å². The average Bonchev–Trinajstić information content (AvgIpc) is 2.91. The minimum atomic E-state index is -1.10. The van der Waals surface area contributed by atoms with Crippen molar-refractivity contribution in [3.8, 4) is 0 Å². The minimum absolute atomic E-state index is 0.0452. The topological polar surface area (TPSA) is 37.3 Å². The molecule has 1 aromatic carbocycles. The predicted molar refractivity (Wildman–Crippen MR) is 52.6 cm³/mol. The summed E-state index contributed by atoms with van der Waals surface area (Å²) in [6, 6.07) is 1.81. The van der Waals surface area contributed by atoms with Gasteiger partial charge in [0.05, 0.1) is 9.89 Å². The number of hydrogen-bond acceptors (Lipinski definition) is 1. The van der Waals surface area contributed by atoms with Crippen molar-refractivity contribution < 1.29 is 18.7 Å². The Morgan fingerprint density at radius 2 is 2.00 bits per heavy atom. The van der Waals surface area contributed by atoms with Crippen LogP contribution >= 0.6 is 15.9 Å². The Bertz CT molecular complexity index is 441. The van der Waals surface area contributed by atoms with Gasteiger partial charge in [-0.15, -0.1) is 0 Å². The Kier molecular flexibility index (Phi) is 2.30. The Morgan fingerprint density at radius 1 is 1.40 bits per heavy atom. The molecule has 0 amide bonds. The fourth-order valence-corrected chi connectivity index (χ4v) is 2.24. The molecule has 1 aliphatic rings. The predicted octanol–water partition coefficient (Wildman–Crippen LogP) is 2.84. The molecule has 1 saturated carbocycles. The van der Waals surface area contributed by atoms with E-state index in [1.165, 1.54) is 0 Å². The van der Waals surface area contributed by atoms with Crippen LogP contribution < -0.4 is 0 Å². The number of carboxylic acids is 1. The number of rotatable bonds is 2. The largest absolute Gasteiger partial charge is 0.481 e. The van der Waals surface area contributed by atoms with Gasteiger partial charge in [0.25, 0.3) is 0 Å². The summed E-state index contributed by atoms with van der Waals surface area (Å²) in [6.45, 7) is 0. The number of aliphatic carboxylic acids is 1. The highest BCUT2D eigenvalue weighted by Gasteiger charge is 2.53. The molecule has 0 unspecified atom stereocenters. The first kappa shape index (κ1) is 10.5. The second-order valence-electron chi connectivity index (χ2n) is 3.64. The van der Waals surface area contributed by atoms with Gasteiger partial charge in [-0.3, -0.25) is 4.79 Å². The van der Waals surface area contributed by atoms with E-state index in [-0.39, 0.29) is 10.0 Å². The van der Waals surface area contributed by atoms with Crippen molar-refractivity contribution in [2.75, 3.05) is 0 Å². The molecular formula is C10H7BrF2O2. The van der Waals surface area contributed by atoms with E-state index in [1.54, 1.807) is 0 Å². The zero-order valence-corrected chi connectivity index (χ0v) is 9.14. The van der Waals surface area contributed by atoms with E-state index in [1.807, 2.05) is 0 Å². The van der Waals surface area contributed by atoms with Gasteiger partial charge in [0, 0.05) is 6.07 Å². The van der Waals surface area contributed by atoms with E-state index >= 15 is 0 Å². The van der Waals surface area contributed by atoms with E-state index in [0.29, 0.717) is 12.8 Å². The first-order valence-electron chi connectivity index (χ1n) is 4.36. The molecule has 0 spiro atoms. The fraction of sp³-hybridized carbons (Fsp3) is 0.300. The lowest BCUT2D eigenvalue weighted by Gasteiger charge is -2.12. The molecule has 1 N–H and O–H groups in total. The lowest BCUT2D eigenvalue weighted by Crippen LogP contribution is -2.20. The van der Waals surface area contributed by atoms with Crippen molar-refractivity contribution in [1.82, 2.24) is 0 Å². The van der Waals surface area contributed by atoms with Crippen molar-refractivity contribution in [2.45, 2.75) is 18.3 Å². The molecule has 0 radical (unpaired) electrons. The van der Waals surface area contributed by atoms with Crippen LogP contribution in [0.1, 0.15) is 18.4 Å². The molecule has 1 fully saturated rings. The first-order valence-corrected chi connectivity index (χ1v) is 5.15. The van der Waals surface area contributed by atoms with Gasteiger partial charge in [-0.05, 0) is 40.4 Å². The molecule has 15 heavy (non-hydrogen) atoms. The zero-order chi connectivity index (χ0) is 11.2. The smallest absolute Gasteiger partial charge is 0.314 e. The summed E-state index contributed by atoms with van der Waals surface area (Å²) in [5.74, 6) is -2.55. The standard InChI is InChI=1S/C10H7BrF2O2/c11-8-6(3-5(12)4-7(8)13)10(1-2-10)9(14)15/h3-4H,1-2H2,(H,14,15). The number of halogens is 3. The highest BCUT2D eigenvalue weighted by atomic mass is 79.9. The summed E-state index contributed by atoms with van der Waals surface area (Å²) < 4.78 is 26.2. The molecule has 2 nitrogen and oxygen atoms in total. The van der Waals surface area contributed by atoms with Crippen molar-refractivity contribution in [3.63, 3.8) is 0 Å². The molecule has 5 heteroatoms. The second-order valence-corrected chi connectivity index (χ2v) is 4.43. The zero-order valence-electron chi connectivity index (χ0n) is 7.56. The molecule has 2 rings (SSSR count). The van der Waals surface area contributed by atoms with Gasteiger partial charge >= 0.3 is 5.97 Å². The maximum atomic E-state index is 13.2. The van der Waals surface area contributed by atoms with Gasteiger partial charge in [-0.25, -0.2) is 8.78 Å². The van der Waals surface area contributed by atoms with Crippen molar-refractivity contribution >= 4 is 21.9 Å². The fourth-order valence-electron chi connectivity index (χ4n) is 1.63. The van der Waals surface area contributed by atoms with Crippen LogP contribution in [0.4, 0.5) is 8.78 Å². The van der Waals surface area contributed by atoms with Crippen LogP contribution in [0.5, 0.6) is 0 Å². The lowest BCUT2D eigenvalue weighted by atomic mass is 9.96. The Balaban J connectivity index is 2.58. The van der Waals surface area contributed by atoms with Crippen molar-refractivity contribution in [3.05, 3.63) is 33.8 Å². The van der Waals surface area contributed by atoms with Gasteiger partial charge in [-0.2, -0.15) is 0 Å². The van der Waals surface area contributed by atoms with Crippen LogP contribution in [0.2, 0.25) is 0 Å². The van der Waals surface area contributed by atoms with Gasteiger partial charge < -0.3 is 5.11 Å². The Hall–Kier alpha value is -0.970.